The molecule has 3 heteroatoms. The summed E-state index contributed by atoms with van der Waals surface area (Å²) in [4.78, 5) is 0. The second-order valence-electron chi connectivity index (χ2n) is 10.6. The van der Waals surface area contributed by atoms with Crippen molar-refractivity contribution in [3.63, 3.8) is 0 Å². The number of rotatable bonds is 4. The summed E-state index contributed by atoms with van der Waals surface area (Å²) < 4.78 is 3.44. The van der Waals surface area contributed by atoms with Crippen molar-refractivity contribution in [2.45, 2.75) is 37.2 Å². The molecule has 6 rings (SSSR count). The van der Waals surface area contributed by atoms with Crippen LogP contribution in [0.15, 0.2) is 112 Å². The van der Waals surface area contributed by atoms with Crippen molar-refractivity contribution in [2.24, 2.45) is 0 Å². The fourth-order valence-corrected chi connectivity index (χ4v) is 15.5. The molecule has 38 heavy (non-hydrogen) atoms. The first-order valence-electron chi connectivity index (χ1n) is 12.9. The number of hydrogen-bond donors (Lipinski definition) is 0. The Kier molecular flexibility index (Phi) is 8.63. The summed E-state index contributed by atoms with van der Waals surface area (Å²) in [6.45, 7) is 9.63. The SMILES string of the molecule is C[C](C)=[Zr]([C]1=CC=CC1)[C]1(C)C=C(c2ccccc2)C=C2C1=Cc1c(C)cc(-c3ccccc3)cc12.Cl.Cl. The van der Waals surface area contributed by atoms with Gasteiger partial charge < -0.3 is 0 Å². The number of hydrogen-bond acceptors (Lipinski definition) is 0. The van der Waals surface area contributed by atoms with Crippen LogP contribution in [0.4, 0.5) is 0 Å². The maximum Gasteiger partial charge on any atom is -0.147 e. The van der Waals surface area contributed by atoms with E-state index in [1.807, 2.05) is 0 Å². The maximum absolute atomic E-state index is 2.64. The van der Waals surface area contributed by atoms with Crippen molar-refractivity contribution in [3.8, 4) is 11.1 Å². The zero-order valence-corrected chi connectivity index (χ0v) is 26.5. The Morgan fingerprint density at radius 2 is 1.47 bits per heavy atom. The van der Waals surface area contributed by atoms with Gasteiger partial charge in [0.2, 0.25) is 0 Å². The summed E-state index contributed by atoms with van der Waals surface area (Å²) >= 11 is -2.24. The zero-order chi connectivity index (χ0) is 24.9. The Balaban J connectivity index is 0.00000168. The van der Waals surface area contributed by atoms with E-state index in [4.69, 9.17) is 0 Å². The van der Waals surface area contributed by atoms with Gasteiger partial charge in [0.25, 0.3) is 0 Å². The Hall–Kier alpha value is -2.31. The molecule has 0 radical (unpaired) electrons. The Bertz CT molecular complexity index is 1560. The molecule has 0 N–H and O–H groups in total. The monoisotopic (exact) mass is 614 g/mol. The minimum Gasteiger partial charge on any atom is -0.147 e. The van der Waals surface area contributed by atoms with Gasteiger partial charge in [0.05, 0.1) is 0 Å². The Labute approximate surface area is 247 Å². The van der Waals surface area contributed by atoms with E-state index < -0.39 is 21.3 Å². The van der Waals surface area contributed by atoms with Gasteiger partial charge in [-0.3, -0.25) is 0 Å². The molecule has 192 valence electrons. The molecule has 0 amide bonds. The molecule has 0 saturated heterocycles. The summed E-state index contributed by atoms with van der Waals surface area (Å²) in [5.74, 6) is 0. The first kappa shape index (κ1) is 28.7. The fraction of sp³-hybridized carbons (Fsp3) is 0.171. The maximum atomic E-state index is 2.64. The standard InChI is InChI=1S/C27H21.C5H5.C3H6.2ClH.Zr/c1-18-13-22(20-9-5-3-6-10-20)15-26-24(18)17-25-19(2)14-23(16-27(25)26)21-11-7-4-8-12-21;1-2-4-5-3-1;1-3-2;;;/h3-17H,1-2H3;1-3H,4H2;1-2H3;2*1H;. The van der Waals surface area contributed by atoms with E-state index in [2.05, 4.69) is 137 Å². The molecular formula is C35H34Cl2Zr. The second kappa shape index (κ2) is 11.4. The minimum atomic E-state index is -2.24. The van der Waals surface area contributed by atoms with Crippen molar-refractivity contribution in [2.75, 3.05) is 0 Å². The van der Waals surface area contributed by atoms with Crippen LogP contribution in [0.3, 0.4) is 0 Å². The number of benzene rings is 3. The number of aryl methyl sites for hydroxylation is 1. The first-order valence-corrected chi connectivity index (χ1v) is 16.6. The largest absolute Gasteiger partial charge is 0.147 e. The van der Waals surface area contributed by atoms with Gasteiger partial charge in [0.15, 0.2) is 0 Å². The quantitative estimate of drug-likeness (QED) is 0.274. The van der Waals surface area contributed by atoms with E-state index in [0.29, 0.717) is 0 Å². The van der Waals surface area contributed by atoms with E-state index in [1.54, 1.807) is 6.49 Å². The minimum absolute atomic E-state index is 0. The van der Waals surface area contributed by atoms with Crippen molar-refractivity contribution < 1.29 is 21.3 Å². The molecule has 3 aromatic carbocycles. The van der Waals surface area contributed by atoms with Crippen LogP contribution >= 0.6 is 24.8 Å². The van der Waals surface area contributed by atoms with Gasteiger partial charge >= 0.3 is 224 Å². The predicted octanol–water partition coefficient (Wildman–Crippen LogP) is 10.2. The molecule has 0 nitrogen and oxygen atoms in total. The third-order valence-corrected chi connectivity index (χ3v) is 16.4. The molecule has 3 aromatic rings. The van der Waals surface area contributed by atoms with Crippen LogP contribution in [0.1, 0.15) is 49.4 Å². The molecule has 1 unspecified atom stereocenters. The average Bonchev–Trinajstić information content (AvgIpc) is 3.54. The van der Waals surface area contributed by atoms with Crippen LogP contribution in [0, 0.1) is 6.92 Å². The first-order chi connectivity index (χ1) is 17.5. The molecule has 0 spiro atoms. The van der Waals surface area contributed by atoms with Gasteiger partial charge in [0.1, 0.15) is 0 Å². The van der Waals surface area contributed by atoms with E-state index in [0.717, 1.165) is 6.42 Å². The predicted molar refractivity (Wildman–Crippen MR) is 168 cm³/mol. The Morgan fingerprint density at radius 3 is 2.08 bits per heavy atom. The van der Waals surface area contributed by atoms with Crippen LogP contribution in [0.25, 0.3) is 28.3 Å². The Morgan fingerprint density at radius 1 is 0.816 bits per heavy atom. The molecule has 0 bridgehead atoms. The number of halogens is 2. The molecule has 0 heterocycles. The summed E-state index contributed by atoms with van der Waals surface area (Å²) in [5, 5.41) is 0. The third kappa shape index (κ3) is 4.90. The molecule has 3 aliphatic carbocycles. The van der Waals surface area contributed by atoms with E-state index in [1.165, 1.54) is 50.1 Å². The molecule has 0 fully saturated rings. The van der Waals surface area contributed by atoms with Crippen molar-refractivity contribution in [1.29, 1.82) is 0 Å². The van der Waals surface area contributed by atoms with Gasteiger partial charge in [-0.05, 0) is 0 Å². The normalized spacial score (nSPS) is 18.6. The van der Waals surface area contributed by atoms with E-state index in [-0.39, 0.29) is 27.9 Å². The molecule has 0 aromatic heterocycles. The van der Waals surface area contributed by atoms with Crippen LogP contribution in [-0.2, 0) is 21.3 Å². The third-order valence-electron chi connectivity index (χ3n) is 7.89. The van der Waals surface area contributed by atoms with Crippen molar-refractivity contribution in [1.82, 2.24) is 0 Å². The molecule has 3 aliphatic rings. The summed E-state index contributed by atoms with van der Waals surface area (Å²) in [6, 6.07) is 26.6. The molecule has 1 atom stereocenters. The van der Waals surface area contributed by atoms with E-state index >= 15 is 0 Å². The van der Waals surface area contributed by atoms with Gasteiger partial charge in [-0.2, -0.15) is 0 Å². The number of allylic oxidation sites excluding steroid dienone is 9. The van der Waals surface area contributed by atoms with E-state index in [9.17, 15) is 0 Å². The van der Waals surface area contributed by atoms with Crippen LogP contribution in [0.2, 0.25) is 3.12 Å². The van der Waals surface area contributed by atoms with Crippen LogP contribution < -0.4 is 0 Å². The second-order valence-corrected chi connectivity index (χ2v) is 19.0. The summed E-state index contributed by atoms with van der Waals surface area (Å²) in [7, 11) is 0. The molecular weight excluding hydrogens is 583 g/mol. The summed E-state index contributed by atoms with van der Waals surface area (Å²) in [6.07, 6.45) is 15.8. The van der Waals surface area contributed by atoms with Gasteiger partial charge in [0, 0.05) is 0 Å². The number of fused-ring (bicyclic) bond motifs is 3. The van der Waals surface area contributed by atoms with Gasteiger partial charge in [-0.25, -0.2) is 0 Å². The average molecular weight is 617 g/mol. The fourth-order valence-electron chi connectivity index (χ4n) is 6.36. The van der Waals surface area contributed by atoms with Crippen LogP contribution in [-0.4, -0.2) is 3.21 Å². The van der Waals surface area contributed by atoms with Crippen molar-refractivity contribution in [3.05, 3.63) is 134 Å². The topological polar surface area (TPSA) is 0 Å². The zero-order valence-electron chi connectivity index (χ0n) is 22.4. The summed E-state index contributed by atoms with van der Waals surface area (Å²) in [5.41, 5.74) is 12.4. The molecule has 0 saturated carbocycles. The van der Waals surface area contributed by atoms with Gasteiger partial charge in [-0.15, -0.1) is 24.8 Å². The smallest absolute Gasteiger partial charge is 0.147 e. The van der Waals surface area contributed by atoms with Crippen LogP contribution in [0.5, 0.6) is 0 Å². The molecule has 0 aliphatic heterocycles. The van der Waals surface area contributed by atoms with Crippen molar-refractivity contribution >= 4 is 45.2 Å². The van der Waals surface area contributed by atoms with Gasteiger partial charge in [-0.1, -0.05) is 0 Å².